The van der Waals surface area contributed by atoms with Crippen LogP contribution in [0.5, 0.6) is 11.5 Å². The first kappa shape index (κ1) is 17.6. The molecule has 3 heterocycles. The summed E-state index contributed by atoms with van der Waals surface area (Å²) in [7, 11) is -1.64. The Balaban J connectivity index is 1.61. The second-order valence-corrected chi connectivity index (χ2v) is 9.70. The standard InChI is InChI=1S/C16H18N2O6S2/c1-22-6-15(19)17-16-18(11-7-26(20,21)8-14(11)25-16)5-10-2-3-12-13(4-10)24-9-23-12/h2-4,11,14H,5-9H2,1H3/t11-,14-/m0/s1. The molecule has 0 aliphatic carbocycles. The summed E-state index contributed by atoms with van der Waals surface area (Å²) in [6.45, 7) is 0.536. The van der Waals surface area contributed by atoms with Gasteiger partial charge in [-0.05, 0) is 17.7 Å². The summed E-state index contributed by atoms with van der Waals surface area (Å²) >= 11 is 1.35. The van der Waals surface area contributed by atoms with Gasteiger partial charge in [0.1, 0.15) is 6.61 Å². The third-order valence-corrected chi connectivity index (χ3v) is 7.70. The quantitative estimate of drug-likeness (QED) is 0.730. The minimum Gasteiger partial charge on any atom is -0.454 e. The van der Waals surface area contributed by atoms with Gasteiger partial charge in [-0.1, -0.05) is 17.8 Å². The lowest BCUT2D eigenvalue weighted by Gasteiger charge is -2.24. The lowest BCUT2D eigenvalue weighted by atomic mass is 10.1. The van der Waals surface area contributed by atoms with Crippen LogP contribution in [0.25, 0.3) is 0 Å². The zero-order valence-electron chi connectivity index (χ0n) is 14.1. The van der Waals surface area contributed by atoms with Crippen LogP contribution in [0.15, 0.2) is 23.2 Å². The van der Waals surface area contributed by atoms with E-state index in [4.69, 9.17) is 14.2 Å². The van der Waals surface area contributed by atoms with Crippen LogP contribution in [0.1, 0.15) is 5.56 Å². The molecule has 10 heteroatoms. The number of amides is 1. The van der Waals surface area contributed by atoms with Gasteiger partial charge in [0.15, 0.2) is 26.5 Å². The summed E-state index contributed by atoms with van der Waals surface area (Å²) in [6, 6.07) is 5.42. The second-order valence-electron chi connectivity index (χ2n) is 6.34. The van der Waals surface area contributed by atoms with Gasteiger partial charge in [0.25, 0.3) is 5.91 Å². The molecule has 4 rings (SSSR count). The van der Waals surface area contributed by atoms with Crippen molar-refractivity contribution < 1.29 is 27.4 Å². The highest BCUT2D eigenvalue weighted by atomic mass is 32.2. The van der Waals surface area contributed by atoms with Crippen molar-refractivity contribution in [3.63, 3.8) is 0 Å². The summed E-state index contributed by atoms with van der Waals surface area (Å²) in [6.07, 6.45) is 0. The number of amidine groups is 1. The summed E-state index contributed by atoms with van der Waals surface area (Å²) in [5, 5.41) is 0.442. The molecule has 0 aromatic heterocycles. The number of ether oxygens (including phenoxy) is 3. The molecule has 3 aliphatic heterocycles. The average Bonchev–Trinajstić information content (AvgIpc) is 3.22. The Bertz CT molecular complexity index is 869. The number of carbonyl (C=O) groups is 1. The first-order chi connectivity index (χ1) is 12.4. The van der Waals surface area contributed by atoms with E-state index in [-0.39, 0.29) is 42.1 Å². The number of nitrogens with zero attached hydrogens (tertiary/aromatic N) is 2. The highest BCUT2D eigenvalue weighted by Gasteiger charge is 2.48. The second kappa shape index (κ2) is 6.75. The molecule has 2 saturated heterocycles. The maximum Gasteiger partial charge on any atom is 0.274 e. The van der Waals surface area contributed by atoms with Gasteiger partial charge in [0.2, 0.25) is 6.79 Å². The fourth-order valence-corrected chi connectivity index (χ4v) is 7.29. The van der Waals surface area contributed by atoms with E-state index < -0.39 is 9.84 Å². The molecule has 0 spiro atoms. The van der Waals surface area contributed by atoms with E-state index in [1.165, 1.54) is 18.9 Å². The molecular formula is C16H18N2O6S2. The smallest absolute Gasteiger partial charge is 0.274 e. The third kappa shape index (κ3) is 3.40. The van der Waals surface area contributed by atoms with Gasteiger partial charge in [-0.15, -0.1) is 0 Å². The fourth-order valence-electron chi connectivity index (χ4n) is 3.32. The topological polar surface area (TPSA) is 94.5 Å². The minimum absolute atomic E-state index is 0.0761. The molecular weight excluding hydrogens is 380 g/mol. The minimum atomic E-state index is -3.07. The van der Waals surface area contributed by atoms with Gasteiger partial charge in [0, 0.05) is 18.9 Å². The van der Waals surface area contributed by atoms with E-state index >= 15 is 0 Å². The molecule has 0 unspecified atom stereocenters. The summed E-state index contributed by atoms with van der Waals surface area (Å²) in [5.41, 5.74) is 0.937. The van der Waals surface area contributed by atoms with Crippen molar-refractivity contribution in [3.8, 4) is 11.5 Å². The number of hydrogen-bond acceptors (Lipinski definition) is 7. The van der Waals surface area contributed by atoms with Gasteiger partial charge in [-0.25, -0.2) is 8.42 Å². The number of thioether (sulfide) groups is 1. The molecule has 1 aromatic rings. The van der Waals surface area contributed by atoms with Crippen LogP contribution in [-0.2, 0) is 25.9 Å². The Morgan fingerprint density at radius 3 is 2.96 bits per heavy atom. The van der Waals surface area contributed by atoms with Crippen molar-refractivity contribution in [2.24, 2.45) is 4.99 Å². The van der Waals surface area contributed by atoms with Crippen LogP contribution < -0.4 is 9.47 Å². The number of rotatable bonds is 4. The van der Waals surface area contributed by atoms with E-state index in [2.05, 4.69) is 4.99 Å². The lowest BCUT2D eigenvalue weighted by molar-refractivity contribution is -0.121. The predicted octanol–water partition coefficient (Wildman–Crippen LogP) is 0.659. The third-order valence-electron chi connectivity index (χ3n) is 4.45. The number of methoxy groups -OCH3 is 1. The maximum atomic E-state index is 12.0. The van der Waals surface area contributed by atoms with Gasteiger partial charge in [-0.2, -0.15) is 4.99 Å². The summed E-state index contributed by atoms with van der Waals surface area (Å²) in [5.74, 6) is 1.16. The highest BCUT2D eigenvalue weighted by molar-refractivity contribution is 8.15. The zero-order valence-corrected chi connectivity index (χ0v) is 15.7. The number of fused-ring (bicyclic) bond motifs is 2. The molecule has 140 valence electrons. The average molecular weight is 398 g/mol. The van der Waals surface area contributed by atoms with Crippen molar-refractivity contribution >= 4 is 32.7 Å². The number of aliphatic imine (C=N–C) groups is 1. The number of hydrogen-bond donors (Lipinski definition) is 0. The largest absolute Gasteiger partial charge is 0.454 e. The molecule has 1 amide bonds. The summed E-state index contributed by atoms with van der Waals surface area (Å²) < 4.78 is 39.6. The van der Waals surface area contributed by atoms with Crippen molar-refractivity contribution in [1.82, 2.24) is 4.90 Å². The maximum absolute atomic E-state index is 12.0. The monoisotopic (exact) mass is 398 g/mol. The Labute approximate surface area is 155 Å². The van der Waals surface area contributed by atoms with Crippen LogP contribution in [0, 0.1) is 0 Å². The first-order valence-corrected chi connectivity index (χ1v) is 10.8. The Kier molecular flexibility index (Phi) is 4.57. The SMILES string of the molecule is COCC(=O)N=C1S[C@H]2CS(=O)(=O)C[C@@H]2N1Cc1ccc2c(c1)OCO2. The van der Waals surface area contributed by atoms with Crippen LogP contribution in [0.3, 0.4) is 0 Å². The van der Waals surface area contributed by atoms with Gasteiger partial charge < -0.3 is 19.1 Å². The molecule has 0 radical (unpaired) electrons. The van der Waals surface area contributed by atoms with E-state index in [0.717, 1.165) is 5.56 Å². The molecule has 2 atom stereocenters. The van der Waals surface area contributed by atoms with Gasteiger partial charge in [0.05, 0.1) is 17.5 Å². The first-order valence-electron chi connectivity index (χ1n) is 8.08. The van der Waals surface area contributed by atoms with Crippen LogP contribution in [0.4, 0.5) is 0 Å². The Hall–Kier alpha value is -1.78. The Morgan fingerprint density at radius 1 is 1.35 bits per heavy atom. The molecule has 2 fully saturated rings. The molecule has 3 aliphatic rings. The van der Waals surface area contributed by atoms with Crippen molar-refractivity contribution in [2.75, 3.05) is 32.0 Å². The van der Waals surface area contributed by atoms with Gasteiger partial charge in [-0.3, -0.25) is 4.79 Å². The molecule has 8 nitrogen and oxygen atoms in total. The number of carbonyl (C=O) groups excluding carboxylic acids is 1. The van der Waals surface area contributed by atoms with E-state index in [1.807, 2.05) is 23.1 Å². The van der Waals surface area contributed by atoms with E-state index in [9.17, 15) is 13.2 Å². The molecule has 0 bridgehead atoms. The predicted molar refractivity (Wildman–Crippen MR) is 96.2 cm³/mol. The molecule has 1 aromatic carbocycles. The lowest BCUT2D eigenvalue weighted by Crippen LogP contribution is -2.37. The van der Waals surface area contributed by atoms with Crippen LogP contribution in [-0.4, -0.2) is 67.7 Å². The molecule has 0 saturated carbocycles. The number of sulfone groups is 1. The van der Waals surface area contributed by atoms with Crippen LogP contribution in [0.2, 0.25) is 0 Å². The van der Waals surface area contributed by atoms with E-state index in [0.29, 0.717) is 23.2 Å². The Morgan fingerprint density at radius 2 is 2.15 bits per heavy atom. The van der Waals surface area contributed by atoms with Crippen molar-refractivity contribution in [2.45, 2.75) is 17.8 Å². The van der Waals surface area contributed by atoms with Gasteiger partial charge >= 0.3 is 0 Å². The van der Waals surface area contributed by atoms with Crippen molar-refractivity contribution in [3.05, 3.63) is 23.8 Å². The van der Waals surface area contributed by atoms with E-state index in [1.54, 1.807) is 0 Å². The molecule has 26 heavy (non-hydrogen) atoms. The fraction of sp³-hybridized carbons (Fsp3) is 0.500. The van der Waals surface area contributed by atoms with Crippen LogP contribution >= 0.6 is 11.8 Å². The normalized spacial score (nSPS) is 27.1. The zero-order chi connectivity index (χ0) is 18.3. The summed E-state index contributed by atoms with van der Waals surface area (Å²) in [4.78, 5) is 17.9. The number of benzene rings is 1. The van der Waals surface area contributed by atoms with Crippen molar-refractivity contribution in [1.29, 1.82) is 0 Å². The molecule has 0 N–H and O–H groups in total. The highest BCUT2D eigenvalue weighted by Crippen LogP contribution is 2.40.